The van der Waals surface area contributed by atoms with Crippen LogP contribution in [0.3, 0.4) is 0 Å². The first-order valence-corrected chi connectivity index (χ1v) is 9.66. The molecular formula is C19H24N2O3S. The molecule has 0 aliphatic carbocycles. The third kappa shape index (κ3) is 4.90. The fourth-order valence-corrected chi connectivity index (χ4v) is 3.67. The summed E-state index contributed by atoms with van der Waals surface area (Å²) < 4.78 is 26.0. The first-order chi connectivity index (χ1) is 11.8. The first-order valence-electron chi connectivity index (χ1n) is 8.22. The lowest BCUT2D eigenvalue weighted by Gasteiger charge is -2.21. The minimum absolute atomic E-state index is 0.138. The van der Waals surface area contributed by atoms with E-state index in [9.17, 15) is 13.2 Å². The fourth-order valence-electron chi connectivity index (χ4n) is 2.52. The van der Waals surface area contributed by atoms with E-state index in [1.165, 1.54) is 19.2 Å². The van der Waals surface area contributed by atoms with Crippen molar-refractivity contribution in [3.8, 4) is 0 Å². The second-order valence-electron chi connectivity index (χ2n) is 6.01. The maximum Gasteiger partial charge on any atom is 0.243 e. The molecule has 2 aromatic carbocycles. The molecule has 0 aromatic heterocycles. The van der Waals surface area contributed by atoms with E-state index >= 15 is 0 Å². The van der Waals surface area contributed by atoms with Gasteiger partial charge in [-0.15, -0.1) is 0 Å². The highest BCUT2D eigenvalue weighted by atomic mass is 32.2. The van der Waals surface area contributed by atoms with Crippen molar-refractivity contribution in [2.24, 2.45) is 0 Å². The Labute approximate surface area is 149 Å². The summed E-state index contributed by atoms with van der Waals surface area (Å²) in [6.07, 6.45) is 0.726. The Balaban J connectivity index is 2.04. The van der Waals surface area contributed by atoms with Gasteiger partial charge < -0.3 is 5.32 Å². The van der Waals surface area contributed by atoms with Crippen molar-refractivity contribution in [2.75, 3.05) is 13.6 Å². The molecule has 1 N–H and O–H groups in total. The highest BCUT2D eigenvalue weighted by molar-refractivity contribution is 7.89. The number of benzene rings is 2. The number of nitrogens with zero attached hydrogens (tertiary/aromatic N) is 1. The zero-order valence-electron chi connectivity index (χ0n) is 14.8. The summed E-state index contributed by atoms with van der Waals surface area (Å²) >= 11 is 0. The summed E-state index contributed by atoms with van der Waals surface area (Å²) in [6, 6.07) is 15.9. The van der Waals surface area contributed by atoms with E-state index < -0.39 is 10.0 Å². The molecule has 5 nitrogen and oxygen atoms in total. The van der Waals surface area contributed by atoms with E-state index in [4.69, 9.17) is 0 Å². The molecule has 0 saturated heterocycles. The normalized spacial score (nSPS) is 12.8. The third-order valence-electron chi connectivity index (χ3n) is 4.04. The van der Waals surface area contributed by atoms with Crippen molar-refractivity contribution in [1.82, 2.24) is 9.62 Å². The number of nitrogens with one attached hydrogen (secondary N) is 1. The van der Waals surface area contributed by atoms with Crippen LogP contribution < -0.4 is 5.32 Å². The SMILES string of the molecule is CC[C@H](NC(=O)CN(C)S(=O)(=O)c1ccccc1)c1ccc(C)cc1. The van der Waals surface area contributed by atoms with Gasteiger partial charge in [0.25, 0.3) is 0 Å². The largest absolute Gasteiger partial charge is 0.348 e. The number of amides is 1. The van der Waals surface area contributed by atoms with Gasteiger partial charge >= 0.3 is 0 Å². The molecule has 134 valence electrons. The number of likely N-dealkylation sites (N-methyl/N-ethyl adjacent to an activating group) is 1. The zero-order valence-corrected chi connectivity index (χ0v) is 15.6. The molecule has 0 aliphatic heterocycles. The van der Waals surface area contributed by atoms with Gasteiger partial charge in [-0.25, -0.2) is 8.42 Å². The van der Waals surface area contributed by atoms with Crippen LogP contribution in [-0.2, 0) is 14.8 Å². The van der Waals surface area contributed by atoms with Gasteiger partial charge in [-0.05, 0) is 31.0 Å². The van der Waals surface area contributed by atoms with Crippen LogP contribution >= 0.6 is 0 Å². The van der Waals surface area contributed by atoms with Crippen LogP contribution in [0.2, 0.25) is 0 Å². The predicted molar refractivity (Wildman–Crippen MR) is 98.6 cm³/mol. The van der Waals surface area contributed by atoms with E-state index in [0.717, 1.165) is 21.9 Å². The summed E-state index contributed by atoms with van der Waals surface area (Å²) in [6.45, 7) is 3.77. The minimum Gasteiger partial charge on any atom is -0.348 e. The van der Waals surface area contributed by atoms with Gasteiger partial charge in [-0.1, -0.05) is 55.0 Å². The molecular weight excluding hydrogens is 336 g/mol. The molecule has 2 rings (SSSR count). The maximum atomic E-state index is 12.5. The Morgan fingerprint density at radius 3 is 2.24 bits per heavy atom. The molecule has 2 aromatic rings. The molecule has 0 bridgehead atoms. The molecule has 6 heteroatoms. The van der Waals surface area contributed by atoms with Crippen molar-refractivity contribution in [3.05, 3.63) is 65.7 Å². The molecule has 25 heavy (non-hydrogen) atoms. The van der Waals surface area contributed by atoms with E-state index in [1.54, 1.807) is 18.2 Å². The predicted octanol–water partition coefficient (Wildman–Crippen LogP) is 2.88. The number of hydrogen-bond acceptors (Lipinski definition) is 3. The van der Waals surface area contributed by atoms with Crippen LogP contribution in [0.25, 0.3) is 0 Å². The summed E-state index contributed by atoms with van der Waals surface area (Å²) in [5, 5.41) is 2.91. The lowest BCUT2D eigenvalue weighted by Crippen LogP contribution is -2.39. The average Bonchev–Trinajstić information content (AvgIpc) is 2.61. The molecule has 0 saturated carbocycles. The molecule has 0 fully saturated rings. The summed E-state index contributed by atoms with van der Waals surface area (Å²) in [5.41, 5.74) is 2.16. The Hall–Kier alpha value is -2.18. The minimum atomic E-state index is -3.67. The van der Waals surface area contributed by atoms with Gasteiger partial charge in [0.05, 0.1) is 17.5 Å². The zero-order chi connectivity index (χ0) is 18.4. The lowest BCUT2D eigenvalue weighted by atomic mass is 10.0. The lowest BCUT2D eigenvalue weighted by molar-refractivity contribution is -0.121. The van der Waals surface area contributed by atoms with Gasteiger partial charge in [-0.3, -0.25) is 4.79 Å². The third-order valence-corrected chi connectivity index (χ3v) is 5.86. The van der Waals surface area contributed by atoms with E-state index in [2.05, 4.69) is 5.32 Å². The van der Waals surface area contributed by atoms with Gasteiger partial charge in [0.15, 0.2) is 0 Å². The quantitative estimate of drug-likeness (QED) is 0.826. The van der Waals surface area contributed by atoms with Gasteiger partial charge in [0.1, 0.15) is 0 Å². The molecule has 0 unspecified atom stereocenters. The highest BCUT2D eigenvalue weighted by Crippen LogP contribution is 2.18. The molecule has 0 aliphatic rings. The number of aryl methyl sites for hydroxylation is 1. The Bertz CT molecular complexity index is 802. The highest BCUT2D eigenvalue weighted by Gasteiger charge is 2.23. The van der Waals surface area contributed by atoms with E-state index in [0.29, 0.717) is 0 Å². The molecule has 1 amide bonds. The van der Waals surface area contributed by atoms with Crippen LogP contribution in [0.4, 0.5) is 0 Å². The Morgan fingerprint density at radius 1 is 1.08 bits per heavy atom. The second kappa shape index (κ2) is 8.27. The number of hydrogen-bond donors (Lipinski definition) is 1. The van der Waals surface area contributed by atoms with Crippen molar-refractivity contribution in [1.29, 1.82) is 0 Å². The maximum absolute atomic E-state index is 12.5. The number of rotatable bonds is 7. The number of carbonyl (C=O) groups excluding carboxylic acids is 1. The molecule has 0 heterocycles. The van der Waals surface area contributed by atoms with Crippen LogP contribution in [-0.4, -0.2) is 32.2 Å². The van der Waals surface area contributed by atoms with Gasteiger partial charge in [0, 0.05) is 7.05 Å². The topological polar surface area (TPSA) is 66.5 Å². The second-order valence-corrected chi connectivity index (χ2v) is 8.06. The average molecular weight is 360 g/mol. The summed E-state index contributed by atoms with van der Waals surface area (Å²) in [4.78, 5) is 12.5. The standard InChI is InChI=1S/C19H24N2O3S/c1-4-18(16-12-10-15(2)11-13-16)20-19(22)14-21(3)25(23,24)17-8-6-5-7-9-17/h5-13,18H,4,14H2,1-3H3,(H,20,22)/t18-/m0/s1. The van der Waals surface area contributed by atoms with E-state index in [1.807, 2.05) is 38.1 Å². The Kier molecular flexibility index (Phi) is 6.33. The fraction of sp³-hybridized carbons (Fsp3) is 0.316. The van der Waals surface area contributed by atoms with Crippen LogP contribution in [0.15, 0.2) is 59.5 Å². The molecule has 0 radical (unpaired) electrons. The van der Waals surface area contributed by atoms with Crippen molar-refractivity contribution in [2.45, 2.75) is 31.2 Å². The number of sulfonamides is 1. The first kappa shape index (κ1) is 19.1. The van der Waals surface area contributed by atoms with E-state index in [-0.39, 0.29) is 23.4 Å². The Morgan fingerprint density at radius 2 is 1.68 bits per heavy atom. The van der Waals surface area contributed by atoms with Gasteiger partial charge in [0.2, 0.25) is 15.9 Å². The number of carbonyl (C=O) groups is 1. The van der Waals surface area contributed by atoms with Crippen molar-refractivity contribution >= 4 is 15.9 Å². The van der Waals surface area contributed by atoms with Gasteiger partial charge in [-0.2, -0.15) is 4.31 Å². The smallest absolute Gasteiger partial charge is 0.243 e. The molecule has 0 spiro atoms. The van der Waals surface area contributed by atoms with Crippen LogP contribution in [0.5, 0.6) is 0 Å². The monoisotopic (exact) mass is 360 g/mol. The summed E-state index contributed by atoms with van der Waals surface area (Å²) in [7, 11) is -2.26. The van der Waals surface area contributed by atoms with Crippen LogP contribution in [0.1, 0.15) is 30.5 Å². The van der Waals surface area contributed by atoms with Crippen molar-refractivity contribution < 1.29 is 13.2 Å². The van der Waals surface area contributed by atoms with Crippen molar-refractivity contribution in [3.63, 3.8) is 0 Å². The van der Waals surface area contributed by atoms with Crippen LogP contribution in [0, 0.1) is 6.92 Å². The summed E-state index contributed by atoms with van der Waals surface area (Å²) in [5.74, 6) is -0.325. The molecule has 1 atom stereocenters.